The first-order chi connectivity index (χ1) is 9.23. The number of rotatable bonds is 4. The summed E-state index contributed by atoms with van der Waals surface area (Å²) in [5.41, 5.74) is 3.32. The standard InChI is InChI=1S/C16H26N2O2/c1-11-7-12(2)14(20-6)13(8-11)9-17-15(19)18-10-16(3,4)5/h7-8H,9-10H2,1-6H3,(H2,17,18,19). The Labute approximate surface area is 121 Å². The van der Waals surface area contributed by atoms with Crippen LogP contribution < -0.4 is 15.4 Å². The second-order valence-electron chi connectivity index (χ2n) is 6.37. The zero-order valence-electron chi connectivity index (χ0n) is 13.4. The van der Waals surface area contributed by atoms with Crippen molar-refractivity contribution < 1.29 is 9.53 Å². The van der Waals surface area contributed by atoms with Gasteiger partial charge in [-0.2, -0.15) is 0 Å². The third kappa shape index (κ3) is 5.11. The first kappa shape index (κ1) is 16.3. The second kappa shape index (κ2) is 6.64. The summed E-state index contributed by atoms with van der Waals surface area (Å²) in [6.45, 7) is 11.4. The number of hydrogen-bond donors (Lipinski definition) is 2. The average molecular weight is 278 g/mol. The number of nitrogens with one attached hydrogen (secondary N) is 2. The third-order valence-corrected chi connectivity index (χ3v) is 2.92. The van der Waals surface area contributed by atoms with Crippen LogP contribution in [0.2, 0.25) is 0 Å². The molecule has 1 aromatic carbocycles. The van der Waals surface area contributed by atoms with E-state index in [0.29, 0.717) is 13.1 Å². The van der Waals surface area contributed by atoms with E-state index < -0.39 is 0 Å². The van der Waals surface area contributed by atoms with Crippen LogP contribution in [0.5, 0.6) is 5.75 Å². The van der Waals surface area contributed by atoms with Gasteiger partial charge in [0.1, 0.15) is 5.75 Å². The van der Waals surface area contributed by atoms with Gasteiger partial charge in [0.25, 0.3) is 0 Å². The Hall–Kier alpha value is -1.71. The molecule has 4 nitrogen and oxygen atoms in total. The van der Waals surface area contributed by atoms with Crippen molar-refractivity contribution in [3.63, 3.8) is 0 Å². The van der Waals surface area contributed by atoms with Crippen LogP contribution in [0.1, 0.15) is 37.5 Å². The lowest BCUT2D eigenvalue weighted by molar-refractivity contribution is 0.235. The van der Waals surface area contributed by atoms with E-state index in [1.54, 1.807) is 7.11 Å². The van der Waals surface area contributed by atoms with Gasteiger partial charge in [-0.15, -0.1) is 0 Å². The molecule has 0 aliphatic heterocycles. The minimum atomic E-state index is -0.152. The van der Waals surface area contributed by atoms with Crippen molar-refractivity contribution in [3.8, 4) is 5.75 Å². The molecule has 0 radical (unpaired) electrons. The molecule has 1 rings (SSSR count). The molecule has 0 aromatic heterocycles. The minimum absolute atomic E-state index is 0.0783. The SMILES string of the molecule is COc1c(C)cc(C)cc1CNC(=O)NCC(C)(C)C. The van der Waals surface area contributed by atoms with Gasteiger partial charge in [-0.3, -0.25) is 0 Å². The van der Waals surface area contributed by atoms with Crippen molar-refractivity contribution in [3.05, 3.63) is 28.8 Å². The van der Waals surface area contributed by atoms with Gasteiger partial charge in [-0.05, 0) is 24.8 Å². The number of hydrogen-bond acceptors (Lipinski definition) is 2. The van der Waals surface area contributed by atoms with Gasteiger partial charge < -0.3 is 15.4 Å². The first-order valence-electron chi connectivity index (χ1n) is 6.89. The highest BCUT2D eigenvalue weighted by atomic mass is 16.5. The summed E-state index contributed by atoms with van der Waals surface area (Å²) >= 11 is 0. The predicted octanol–water partition coefficient (Wildman–Crippen LogP) is 3.16. The van der Waals surface area contributed by atoms with E-state index in [0.717, 1.165) is 22.4 Å². The van der Waals surface area contributed by atoms with Gasteiger partial charge in [0.15, 0.2) is 0 Å². The molecular formula is C16H26N2O2. The van der Waals surface area contributed by atoms with Crippen LogP contribution in [0, 0.1) is 19.3 Å². The normalized spacial score (nSPS) is 11.1. The van der Waals surface area contributed by atoms with Crippen LogP contribution in [0.15, 0.2) is 12.1 Å². The zero-order chi connectivity index (χ0) is 15.3. The number of carbonyl (C=O) groups is 1. The number of benzene rings is 1. The molecule has 2 N–H and O–H groups in total. The molecule has 4 heteroatoms. The average Bonchev–Trinajstić information content (AvgIpc) is 2.32. The van der Waals surface area contributed by atoms with Crippen LogP contribution in [0.25, 0.3) is 0 Å². The Balaban J connectivity index is 2.64. The summed E-state index contributed by atoms with van der Waals surface area (Å²) in [4.78, 5) is 11.8. The molecule has 1 aromatic rings. The molecule has 0 aliphatic carbocycles. The topological polar surface area (TPSA) is 50.4 Å². The van der Waals surface area contributed by atoms with Crippen LogP contribution in [-0.2, 0) is 6.54 Å². The van der Waals surface area contributed by atoms with Gasteiger partial charge in [-0.25, -0.2) is 4.79 Å². The Morgan fingerprint density at radius 3 is 2.40 bits per heavy atom. The van der Waals surface area contributed by atoms with Gasteiger partial charge in [0.2, 0.25) is 0 Å². The van der Waals surface area contributed by atoms with Crippen molar-refractivity contribution in [2.75, 3.05) is 13.7 Å². The monoisotopic (exact) mass is 278 g/mol. The maximum Gasteiger partial charge on any atom is 0.315 e. The molecule has 0 saturated carbocycles. The molecule has 0 spiro atoms. The van der Waals surface area contributed by atoms with Crippen molar-refractivity contribution in [2.24, 2.45) is 5.41 Å². The first-order valence-corrected chi connectivity index (χ1v) is 6.89. The quantitative estimate of drug-likeness (QED) is 0.889. The molecular weight excluding hydrogens is 252 g/mol. The highest BCUT2D eigenvalue weighted by molar-refractivity contribution is 5.74. The molecule has 0 atom stereocenters. The van der Waals surface area contributed by atoms with Crippen molar-refractivity contribution in [2.45, 2.75) is 41.2 Å². The zero-order valence-corrected chi connectivity index (χ0v) is 13.4. The van der Waals surface area contributed by atoms with E-state index in [2.05, 4.69) is 37.5 Å². The van der Waals surface area contributed by atoms with Gasteiger partial charge >= 0.3 is 6.03 Å². The lowest BCUT2D eigenvalue weighted by Crippen LogP contribution is -2.39. The minimum Gasteiger partial charge on any atom is -0.496 e. The molecule has 0 saturated heterocycles. The summed E-state index contributed by atoms with van der Waals surface area (Å²) < 4.78 is 5.41. The van der Waals surface area contributed by atoms with Gasteiger partial charge in [-0.1, -0.05) is 38.5 Å². The third-order valence-electron chi connectivity index (χ3n) is 2.92. The molecule has 20 heavy (non-hydrogen) atoms. The Kier molecular flexibility index (Phi) is 5.43. The predicted molar refractivity (Wildman–Crippen MR) is 82.2 cm³/mol. The van der Waals surface area contributed by atoms with E-state index in [9.17, 15) is 4.79 Å². The van der Waals surface area contributed by atoms with Crippen LogP contribution in [0.4, 0.5) is 4.79 Å². The number of methoxy groups -OCH3 is 1. The number of urea groups is 1. The van der Waals surface area contributed by atoms with Crippen molar-refractivity contribution in [1.29, 1.82) is 0 Å². The Morgan fingerprint density at radius 2 is 1.85 bits per heavy atom. The lowest BCUT2D eigenvalue weighted by atomic mass is 9.97. The second-order valence-corrected chi connectivity index (χ2v) is 6.37. The largest absolute Gasteiger partial charge is 0.496 e. The maximum absolute atomic E-state index is 11.8. The van der Waals surface area contributed by atoms with E-state index in [1.165, 1.54) is 0 Å². The van der Waals surface area contributed by atoms with Gasteiger partial charge in [0.05, 0.1) is 7.11 Å². The van der Waals surface area contributed by atoms with Crippen molar-refractivity contribution >= 4 is 6.03 Å². The fourth-order valence-corrected chi connectivity index (χ4v) is 2.05. The molecule has 112 valence electrons. The van der Waals surface area contributed by atoms with Gasteiger partial charge in [0, 0.05) is 18.7 Å². The molecule has 0 bridgehead atoms. The van der Waals surface area contributed by atoms with E-state index in [4.69, 9.17) is 4.74 Å². The van der Waals surface area contributed by atoms with Crippen LogP contribution in [0.3, 0.4) is 0 Å². The maximum atomic E-state index is 11.8. The molecule has 2 amide bonds. The van der Waals surface area contributed by atoms with E-state index in [-0.39, 0.29) is 11.4 Å². The Morgan fingerprint density at radius 1 is 1.20 bits per heavy atom. The fraction of sp³-hybridized carbons (Fsp3) is 0.562. The summed E-state index contributed by atoms with van der Waals surface area (Å²) in [6, 6.07) is 3.96. The Bertz CT molecular complexity index is 476. The van der Waals surface area contributed by atoms with E-state index >= 15 is 0 Å². The molecule has 0 unspecified atom stereocenters. The smallest absolute Gasteiger partial charge is 0.315 e. The number of aryl methyl sites for hydroxylation is 2. The molecule has 0 heterocycles. The van der Waals surface area contributed by atoms with Crippen LogP contribution in [-0.4, -0.2) is 19.7 Å². The molecule has 0 fully saturated rings. The summed E-state index contributed by atoms with van der Waals surface area (Å²) in [5, 5.41) is 5.74. The summed E-state index contributed by atoms with van der Waals surface area (Å²) in [7, 11) is 1.65. The highest BCUT2D eigenvalue weighted by Crippen LogP contribution is 2.24. The molecule has 0 aliphatic rings. The highest BCUT2D eigenvalue weighted by Gasteiger charge is 2.12. The summed E-state index contributed by atoms with van der Waals surface area (Å²) in [6.07, 6.45) is 0. The van der Waals surface area contributed by atoms with Crippen molar-refractivity contribution in [1.82, 2.24) is 10.6 Å². The lowest BCUT2D eigenvalue weighted by Gasteiger charge is -2.19. The van der Waals surface area contributed by atoms with Crippen LogP contribution >= 0.6 is 0 Å². The number of amides is 2. The fourth-order valence-electron chi connectivity index (χ4n) is 2.05. The number of ether oxygens (including phenoxy) is 1. The number of carbonyl (C=O) groups excluding carboxylic acids is 1. The van der Waals surface area contributed by atoms with E-state index in [1.807, 2.05) is 19.9 Å². The summed E-state index contributed by atoms with van der Waals surface area (Å²) in [5.74, 6) is 0.840.